The van der Waals surface area contributed by atoms with Crippen molar-refractivity contribution in [2.24, 2.45) is 0 Å². The van der Waals surface area contributed by atoms with Crippen LogP contribution in [0.3, 0.4) is 0 Å². The van der Waals surface area contributed by atoms with Crippen LogP contribution in [0.25, 0.3) is 0 Å². The lowest BCUT2D eigenvalue weighted by atomic mass is 10.3. The zero-order chi connectivity index (χ0) is 12.7. The Balaban J connectivity index is 2.12. The molecule has 0 bridgehead atoms. The van der Waals surface area contributed by atoms with E-state index in [2.05, 4.69) is 48.2 Å². The lowest BCUT2D eigenvalue weighted by Gasteiger charge is -2.20. The molecule has 0 amide bonds. The van der Waals surface area contributed by atoms with Gasteiger partial charge in [0.2, 0.25) is 0 Å². The van der Waals surface area contributed by atoms with Crippen LogP contribution in [0.1, 0.15) is 31.7 Å². The van der Waals surface area contributed by atoms with Gasteiger partial charge in [-0.3, -0.25) is 4.98 Å². The SMILES string of the molecule is Cc1cccc(CNCCCN(C)C(C)C)n1. The number of aryl methyl sites for hydroxylation is 1. The molecule has 1 aromatic rings. The monoisotopic (exact) mass is 235 g/mol. The van der Waals surface area contributed by atoms with Crippen LogP contribution in [0, 0.1) is 6.92 Å². The van der Waals surface area contributed by atoms with Gasteiger partial charge >= 0.3 is 0 Å². The van der Waals surface area contributed by atoms with Gasteiger partial charge in [-0.2, -0.15) is 0 Å². The Morgan fingerprint density at radius 3 is 2.76 bits per heavy atom. The molecule has 1 N–H and O–H groups in total. The Kier molecular flexibility index (Phi) is 6.16. The summed E-state index contributed by atoms with van der Waals surface area (Å²) in [6, 6.07) is 6.79. The van der Waals surface area contributed by atoms with E-state index in [0.29, 0.717) is 6.04 Å². The normalized spacial score (nSPS) is 11.4. The summed E-state index contributed by atoms with van der Waals surface area (Å²) in [6.45, 7) is 9.54. The molecule has 0 unspecified atom stereocenters. The minimum Gasteiger partial charge on any atom is -0.311 e. The first kappa shape index (κ1) is 14.1. The van der Waals surface area contributed by atoms with Gasteiger partial charge in [-0.1, -0.05) is 6.07 Å². The predicted octanol–water partition coefficient (Wildman–Crippen LogP) is 2.21. The fraction of sp³-hybridized carbons (Fsp3) is 0.643. The second-order valence-electron chi connectivity index (χ2n) is 4.87. The zero-order valence-corrected chi connectivity index (χ0v) is 11.5. The molecular formula is C14H25N3. The van der Waals surface area contributed by atoms with Crippen molar-refractivity contribution in [3.8, 4) is 0 Å². The molecule has 3 nitrogen and oxygen atoms in total. The number of nitrogens with one attached hydrogen (secondary N) is 1. The highest BCUT2D eigenvalue weighted by Crippen LogP contribution is 1.98. The number of hydrogen-bond acceptors (Lipinski definition) is 3. The van der Waals surface area contributed by atoms with E-state index in [1.54, 1.807) is 0 Å². The van der Waals surface area contributed by atoms with E-state index in [1.807, 2.05) is 13.0 Å². The van der Waals surface area contributed by atoms with E-state index in [-0.39, 0.29) is 0 Å². The molecule has 17 heavy (non-hydrogen) atoms. The van der Waals surface area contributed by atoms with Crippen molar-refractivity contribution in [1.29, 1.82) is 0 Å². The summed E-state index contributed by atoms with van der Waals surface area (Å²) in [5.74, 6) is 0. The van der Waals surface area contributed by atoms with Crippen LogP contribution in [0.5, 0.6) is 0 Å². The minimum atomic E-state index is 0.633. The first-order valence-corrected chi connectivity index (χ1v) is 6.43. The Bertz CT molecular complexity index is 323. The van der Waals surface area contributed by atoms with Crippen molar-refractivity contribution in [1.82, 2.24) is 15.2 Å². The van der Waals surface area contributed by atoms with Crippen molar-refractivity contribution in [2.75, 3.05) is 20.1 Å². The van der Waals surface area contributed by atoms with E-state index < -0.39 is 0 Å². The van der Waals surface area contributed by atoms with Crippen LogP contribution in [0.4, 0.5) is 0 Å². The topological polar surface area (TPSA) is 28.2 Å². The molecule has 96 valence electrons. The van der Waals surface area contributed by atoms with Crippen LogP contribution in [0.15, 0.2) is 18.2 Å². The Hall–Kier alpha value is -0.930. The van der Waals surface area contributed by atoms with Crippen LogP contribution < -0.4 is 5.32 Å². The third-order valence-electron chi connectivity index (χ3n) is 3.00. The Morgan fingerprint density at radius 1 is 1.35 bits per heavy atom. The van der Waals surface area contributed by atoms with E-state index in [1.165, 1.54) is 6.42 Å². The highest BCUT2D eigenvalue weighted by molar-refractivity contribution is 5.09. The van der Waals surface area contributed by atoms with E-state index in [4.69, 9.17) is 0 Å². The molecule has 1 rings (SSSR count). The smallest absolute Gasteiger partial charge is 0.0544 e. The van der Waals surface area contributed by atoms with Gasteiger partial charge in [-0.15, -0.1) is 0 Å². The number of aromatic nitrogens is 1. The molecule has 0 aliphatic rings. The molecule has 0 spiro atoms. The maximum Gasteiger partial charge on any atom is 0.0544 e. The van der Waals surface area contributed by atoms with Gasteiger partial charge in [-0.25, -0.2) is 0 Å². The molecule has 0 saturated carbocycles. The molecule has 0 aromatic carbocycles. The molecule has 1 heterocycles. The average molecular weight is 235 g/mol. The van der Waals surface area contributed by atoms with Crippen LogP contribution in [-0.2, 0) is 6.54 Å². The summed E-state index contributed by atoms with van der Waals surface area (Å²) in [7, 11) is 2.17. The number of nitrogens with zero attached hydrogens (tertiary/aromatic N) is 2. The summed E-state index contributed by atoms with van der Waals surface area (Å²) in [6.07, 6.45) is 1.18. The van der Waals surface area contributed by atoms with Crippen LogP contribution >= 0.6 is 0 Å². The summed E-state index contributed by atoms with van der Waals surface area (Å²) >= 11 is 0. The summed E-state index contributed by atoms with van der Waals surface area (Å²) in [5, 5.41) is 3.43. The largest absolute Gasteiger partial charge is 0.311 e. The minimum absolute atomic E-state index is 0.633. The van der Waals surface area contributed by atoms with Crippen LogP contribution in [0.2, 0.25) is 0 Å². The van der Waals surface area contributed by atoms with Gasteiger partial charge in [0.1, 0.15) is 0 Å². The molecule has 0 fully saturated rings. The van der Waals surface area contributed by atoms with E-state index >= 15 is 0 Å². The summed E-state index contributed by atoms with van der Waals surface area (Å²) in [5.41, 5.74) is 2.21. The van der Waals surface area contributed by atoms with Gasteiger partial charge in [0.15, 0.2) is 0 Å². The Labute approximate surface area is 105 Å². The lowest BCUT2D eigenvalue weighted by Crippen LogP contribution is -2.29. The maximum atomic E-state index is 4.46. The third kappa shape index (κ3) is 5.80. The van der Waals surface area contributed by atoms with E-state index in [0.717, 1.165) is 31.0 Å². The average Bonchev–Trinajstić information content (AvgIpc) is 2.28. The van der Waals surface area contributed by atoms with Gasteiger partial charge < -0.3 is 10.2 Å². The number of hydrogen-bond donors (Lipinski definition) is 1. The molecule has 1 aromatic heterocycles. The fourth-order valence-electron chi connectivity index (χ4n) is 1.63. The van der Waals surface area contributed by atoms with Gasteiger partial charge in [0.25, 0.3) is 0 Å². The molecule has 3 heteroatoms. The van der Waals surface area contributed by atoms with Crippen molar-refractivity contribution < 1.29 is 0 Å². The van der Waals surface area contributed by atoms with E-state index in [9.17, 15) is 0 Å². The highest BCUT2D eigenvalue weighted by atomic mass is 15.1. The van der Waals surface area contributed by atoms with Gasteiger partial charge in [-0.05, 0) is 59.5 Å². The van der Waals surface area contributed by atoms with Crippen molar-refractivity contribution in [2.45, 2.75) is 39.8 Å². The summed E-state index contributed by atoms with van der Waals surface area (Å²) in [4.78, 5) is 6.83. The summed E-state index contributed by atoms with van der Waals surface area (Å²) < 4.78 is 0. The standard InChI is InChI=1S/C14H25N3/c1-12(2)17(4)10-6-9-15-11-14-8-5-7-13(3)16-14/h5,7-8,12,15H,6,9-11H2,1-4H3. The van der Waals surface area contributed by atoms with Gasteiger partial charge in [0, 0.05) is 18.3 Å². The fourth-order valence-corrected chi connectivity index (χ4v) is 1.63. The molecule has 0 atom stereocenters. The molecule has 0 radical (unpaired) electrons. The lowest BCUT2D eigenvalue weighted by molar-refractivity contribution is 0.269. The predicted molar refractivity (Wildman–Crippen MR) is 73.1 cm³/mol. The van der Waals surface area contributed by atoms with Crippen molar-refractivity contribution >= 4 is 0 Å². The first-order valence-electron chi connectivity index (χ1n) is 6.43. The number of rotatable bonds is 7. The second-order valence-corrected chi connectivity index (χ2v) is 4.87. The Morgan fingerprint density at radius 2 is 2.12 bits per heavy atom. The van der Waals surface area contributed by atoms with Crippen LogP contribution in [-0.4, -0.2) is 36.1 Å². The highest BCUT2D eigenvalue weighted by Gasteiger charge is 2.01. The number of pyridine rings is 1. The maximum absolute atomic E-state index is 4.46. The molecule has 0 aliphatic heterocycles. The van der Waals surface area contributed by atoms with Crippen molar-refractivity contribution in [3.05, 3.63) is 29.6 Å². The molecule has 0 saturated heterocycles. The first-order chi connectivity index (χ1) is 8.09. The molecular weight excluding hydrogens is 210 g/mol. The molecule has 0 aliphatic carbocycles. The quantitative estimate of drug-likeness (QED) is 0.734. The third-order valence-corrected chi connectivity index (χ3v) is 3.00. The second kappa shape index (κ2) is 7.41. The zero-order valence-electron chi connectivity index (χ0n) is 11.5. The van der Waals surface area contributed by atoms with Crippen molar-refractivity contribution in [3.63, 3.8) is 0 Å². The van der Waals surface area contributed by atoms with Gasteiger partial charge in [0.05, 0.1) is 5.69 Å².